The normalized spacial score (nSPS) is 19.1. The van der Waals surface area contributed by atoms with E-state index in [-0.39, 0.29) is 23.7 Å². The first kappa shape index (κ1) is 26.8. The molecule has 9 heteroatoms. The summed E-state index contributed by atoms with van der Waals surface area (Å²) in [6.45, 7) is 8.89. The van der Waals surface area contributed by atoms with Crippen molar-refractivity contribution in [3.05, 3.63) is 46.6 Å². The first-order valence-corrected chi connectivity index (χ1v) is 12.9. The number of carbonyl (C=O) groups excluding carboxylic acids is 1. The third-order valence-electron chi connectivity index (χ3n) is 6.46. The number of hydrogen-bond acceptors (Lipinski definition) is 7. The number of carbonyl (C=O) groups is 1. The number of aromatic nitrogens is 3. The Morgan fingerprint density at radius 2 is 2.00 bits per heavy atom. The highest BCUT2D eigenvalue weighted by Crippen LogP contribution is 2.44. The summed E-state index contributed by atoms with van der Waals surface area (Å²) in [6.07, 6.45) is 5.39. The molecule has 3 atom stereocenters. The van der Waals surface area contributed by atoms with Gasteiger partial charge >= 0.3 is 5.97 Å². The minimum absolute atomic E-state index is 0.0944. The maximum Gasteiger partial charge on any atom is 0.309 e. The number of benzene rings is 1. The maximum absolute atomic E-state index is 12.4. The Kier molecular flexibility index (Phi) is 9.37. The van der Waals surface area contributed by atoms with Gasteiger partial charge in [-0.05, 0) is 53.7 Å². The van der Waals surface area contributed by atoms with Crippen molar-refractivity contribution >= 4 is 33.2 Å². The molecule has 1 saturated carbocycles. The van der Waals surface area contributed by atoms with E-state index < -0.39 is 0 Å². The zero-order valence-corrected chi connectivity index (χ0v) is 22.9. The van der Waals surface area contributed by atoms with Gasteiger partial charge in [-0.15, -0.1) is 0 Å². The van der Waals surface area contributed by atoms with Gasteiger partial charge in [0.1, 0.15) is 27.4 Å². The predicted octanol–water partition coefficient (Wildman–Crippen LogP) is 5.84. The number of rotatable bonds is 8. The number of nitrogens with zero attached hydrogens (tertiary/aromatic N) is 3. The number of methoxy groups -OCH3 is 2. The van der Waals surface area contributed by atoms with Crippen molar-refractivity contribution in [1.82, 2.24) is 14.4 Å². The first-order chi connectivity index (χ1) is 17.0. The van der Waals surface area contributed by atoms with Crippen LogP contribution in [0.15, 0.2) is 35.2 Å². The number of halogens is 1. The highest BCUT2D eigenvalue weighted by atomic mass is 79.9. The molecule has 0 radical (unpaired) electrons. The fourth-order valence-electron chi connectivity index (χ4n) is 4.70. The van der Waals surface area contributed by atoms with Crippen LogP contribution < -0.4 is 14.8 Å². The smallest absolute Gasteiger partial charge is 0.309 e. The van der Waals surface area contributed by atoms with E-state index in [1.807, 2.05) is 45.2 Å². The highest BCUT2D eigenvalue weighted by molar-refractivity contribution is 9.10. The highest BCUT2D eigenvalue weighted by Gasteiger charge is 2.41. The van der Waals surface area contributed by atoms with Gasteiger partial charge in [-0.1, -0.05) is 20.8 Å². The van der Waals surface area contributed by atoms with Crippen LogP contribution in [-0.2, 0) is 16.1 Å². The van der Waals surface area contributed by atoms with E-state index in [1.165, 1.54) is 0 Å². The molecule has 8 nitrogen and oxygen atoms in total. The SMILES string of the molecule is CC.CCOC(=O)C1CCC(c2nc(Br)c3c(NCc4ccc(OC)cc4OC)nccn23)C1C. The van der Waals surface area contributed by atoms with E-state index in [0.29, 0.717) is 19.0 Å². The molecular formula is C26H35BrN4O4. The largest absolute Gasteiger partial charge is 0.497 e. The molecule has 1 fully saturated rings. The average Bonchev–Trinajstić information content (AvgIpc) is 3.43. The Morgan fingerprint density at radius 1 is 1.23 bits per heavy atom. The van der Waals surface area contributed by atoms with Gasteiger partial charge in [-0.3, -0.25) is 9.20 Å². The molecule has 3 aromatic rings. The second kappa shape index (κ2) is 12.2. The molecule has 1 aliphatic carbocycles. The third kappa shape index (κ3) is 5.55. The molecular weight excluding hydrogens is 512 g/mol. The second-order valence-corrected chi connectivity index (χ2v) is 8.94. The Labute approximate surface area is 215 Å². The van der Waals surface area contributed by atoms with Gasteiger partial charge in [0, 0.05) is 36.5 Å². The molecule has 1 aliphatic rings. The molecule has 0 bridgehead atoms. The Morgan fingerprint density at radius 3 is 2.69 bits per heavy atom. The lowest BCUT2D eigenvalue weighted by molar-refractivity contribution is -0.149. The number of imidazole rings is 1. The topological polar surface area (TPSA) is 87.0 Å². The number of esters is 1. The monoisotopic (exact) mass is 546 g/mol. The van der Waals surface area contributed by atoms with Gasteiger partial charge in [0.2, 0.25) is 0 Å². The molecule has 0 spiro atoms. The number of fused-ring (bicyclic) bond motifs is 1. The maximum atomic E-state index is 12.4. The van der Waals surface area contributed by atoms with Gasteiger partial charge in [0.25, 0.3) is 0 Å². The van der Waals surface area contributed by atoms with Gasteiger partial charge < -0.3 is 19.5 Å². The van der Waals surface area contributed by atoms with Crippen molar-refractivity contribution in [2.45, 2.75) is 53.0 Å². The summed E-state index contributed by atoms with van der Waals surface area (Å²) in [5.41, 5.74) is 1.85. The van der Waals surface area contributed by atoms with Crippen molar-refractivity contribution in [3.63, 3.8) is 0 Å². The molecule has 190 valence electrons. The fraction of sp³-hybridized carbons (Fsp3) is 0.500. The third-order valence-corrected chi connectivity index (χ3v) is 7.01. The fourth-order valence-corrected chi connectivity index (χ4v) is 5.26. The molecule has 35 heavy (non-hydrogen) atoms. The van der Waals surface area contributed by atoms with Crippen molar-refractivity contribution in [2.24, 2.45) is 11.8 Å². The van der Waals surface area contributed by atoms with Crippen molar-refractivity contribution in [2.75, 3.05) is 26.1 Å². The lowest BCUT2D eigenvalue weighted by atomic mass is 9.91. The van der Waals surface area contributed by atoms with Gasteiger partial charge in [0.15, 0.2) is 5.82 Å². The molecule has 1 N–H and O–H groups in total. The minimum Gasteiger partial charge on any atom is -0.497 e. The van der Waals surface area contributed by atoms with Crippen LogP contribution in [0.4, 0.5) is 5.82 Å². The summed E-state index contributed by atoms with van der Waals surface area (Å²) in [5.74, 6) is 3.24. The number of nitrogens with one attached hydrogen (secondary N) is 1. The van der Waals surface area contributed by atoms with E-state index in [0.717, 1.165) is 45.8 Å². The molecule has 0 saturated heterocycles. The number of hydrogen-bond donors (Lipinski definition) is 1. The van der Waals surface area contributed by atoms with Crippen LogP contribution in [0.25, 0.3) is 5.52 Å². The Balaban J connectivity index is 0.00000167. The molecule has 1 aromatic carbocycles. The average molecular weight is 547 g/mol. The second-order valence-electron chi connectivity index (χ2n) is 8.19. The molecule has 2 heterocycles. The minimum atomic E-state index is -0.107. The van der Waals surface area contributed by atoms with E-state index in [9.17, 15) is 4.79 Å². The van der Waals surface area contributed by atoms with Crippen LogP contribution in [0.5, 0.6) is 11.5 Å². The summed E-state index contributed by atoms with van der Waals surface area (Å²) in [5, 5.41) is 3.42. The van der Waals surface area contributed by atoms with Gasteiger partial charge in [-0.2, -0.15) is 0 Å². The van der Waals surface area contributed by atoms with Crippen LogP contribution in [0.2, 0.25) is 0 Å². The molecule has 0 aliphatic heterocycles. The zero-order valence-electron chi connectivity index (χ0n) is 21.3. The molecule has 4 rings (SSSR count). The van der Waals surface area contributed by atoms with E-state index >= 15 is 0 Å². The van der Waals surface area contributed by atoms with E-state index in [1.54, 1.807) is 20.4 Å². The Hall–Kier alpha value is -2.81. The first-order valence-electron chi connectivity index (χ1n) is 12.1. The van der Waals surface area contributed by atoms with E-state index in [2.05, 4.69) is 37.6 Å². The summed E-state index contributed by atoms with van der Waals surface area (Å²) < 4.78 is 18.9. The van der Waals surface area contributed by atoms with Crippen LogP contribution in [-0.4, -0.2) is 41.2 Å². The number of anilines is 1. The van der Waals surface area contributed by atoms with Crippen LogP contribution in [0.1, 0.15) is 57.8 Å². The summed E-state index contributed by atoms with van der Waals surface area (Å²) in [6, 6.07) is 5.73. The number of ether oxygens (including phenoxy) is 3. The molecule has 3 unspecified atom stereocenters. The standard InChI is InChI=1S/C24H29BrN4O4.C2H6/c1-5-33-24(30)18-9-8-17(14(18)2)23-28-21(25)20-22(26-10-11-29(20)23)27-13-15-6-7-16(31-3)12-19(15)32-4;1-2/h6-7,10-12,14,17-18H,5,8-9,13H2,1-4H3,(H,26,27);1-2H3. The van der Waals surface area contributed by atoms with Crippen molar-refractivity contribution < 1.29 is 19.0 Å². The predicted molar refractivity (Wildman–Crippen MR) is 140 cm³/mol. The zero-order chi connectivity index (χ0) is 25.5. The van der Waals surface area contributed by atoms with Crippen LogP contribution >= 0.6 is 15.9 Å². The lowest BCUT2D eigenvalue weighted by Crippen LogP contribution is -2.22. The Bertz CT molecular complexity index is 1150. The lowest BCUT2D eigenvalue weighted by Gasteiger charge is -2.19. The summed E-state index contributed by atoms with van der Waals surface area (Å²) >= 11 is 3.63. The summed E-state index contributed by atoms with van der Waals surface area (Å²) in [4.78, 5) is 21.8. The van der Waals surface area contributed by atoms with Crippen LogP contribution in [0, 0.1) is 11.8 Å². The van der Waals surface area contributed by atoms with Gasteiger partial charge in [-0.25, -0.2) is 9.97 Å². The van der Waals surface area contributed by atoms with Crippen molar-refractivity contribution in [1.29, 1.82) is 0 Å². The van der Waals surface area contributed by atoms with Crippen molar-refractivity contribution in [3.8, 4) is 11.5 Å². The quantitative estimate of drug-likeness (QED) is 0.355. The summed E-state index contributed by atoms with van der Waals surface area (Å²) in [7, 11) is 3.27. The van der Waals surface area contributed by atoms with Gasteiger partial charge in [0.05, 0.1) is 26.7 Å². The van der Waals surface area contributed by atoms with Crippen LogP contribution in [0.3, 0.4) is 0 Å². The molecule has 0 amide bonds. The van der Waals surface area contributed by atoms with E-state index in [4.69, 9.17) is 19.2 Å². The molecule has 2 aromatic heterocycles.